The van der Waals surface area contributed by atoms with Crippen molar-refractivity contribution in [3.8, 4) is 0 Å². The molecule has 0 saturated heterocycles. The smallest absolute Gasteiger partial charge is 0.0951 e. The molecular weight excluding hydrogens is 226 g/mol. The van der Waals surface area contributed by atoms with E-state index >= 15 is 0 Å². The fraction of sp³-hybridized carbons (Fsp3) is 0.357. The largest absolute Gasteiger partial charge is 0.397 e. The zero-order chi connectivity index (χ0) is 13.0. The van der Waals surface area contributed by atoms with Crippen LogP contribution in [0.25, 0.3) is 10.9 Å². The SMILES string of the molecule is CCN(CCOC)c1ccc(N)c2ncccc12. The molecule has 0 spiro atoms. The van der Waals surface area contributed by atoms with E-state index in [2.05, 4.69) is 28.9 Å². The average Bonchev–Trinajstić information content (AvgIpc) is 2.42. The van der Waals surface area contributed by atoms with Crippen molar-refractivity contribution in [1.29, 1.82) is 0 Å². The molecular formula is C14H19N3O. The predicted molar refractivity (Wildman–Crippen MR) is 75.9 cm³/mol. The molecule has 0 radical (unpaired) electrons. The number of hydrogen-bond donors (Lipinski definition) is 1. The molecule has 2 rings (SSSR count). The Labute approximate surface area is 107 Å². The maximum atomic E-state index is 5.96. The number of pyridine rings is 1. The van der Waals surface area contributed by atoms with Gasteiger partial charge in [-0.25, -0.2) is 0 Å². The standard InChI is InChI=1S/C14H19N3O/c1-3-17(9-10-18-2)13-7-6-12(15)14-11(13)5-4-8-16-14/h4-8H,3,9-10,15H2,1-2H3. The minimum atomic E-state index is 0.708. The highest BCUT2D eigenvalue weighted by atomic mass is 16.5. The van der Waals surface area contributed by atoms with Crippen LogP contribution in [0.5, 0.6) is 0 Å². The van der Waals surface area contributed by atoms with Gasteiger partial charge in [0.25, 0.3) is 0 Å². The second-order valence-corrected chi connectivity index (χ2v) is 4.15. The molecule has 2 N–H and O–H groups in total. The number of nitrogens with zero attached hydrogens (tertiary/aromatic N) is 2. The molecule has 1 aromatic heterocycles. The molecule has 0 saturated carbocycles. The lowest BCUT2D eigenvalue weighted by Gasteiger charge is -2.24. The van der Waals surface area contributed by atoms with Crippen molar-refractivity contribution >= 4 is 22.3 Å². The minimum Gasteiger partial charge on any atom is -0.397 e. The van der Waals surface area contributed by atoms with E-state index in [9.17, 15) is 0 Å². The lowest BCUT2D eigenvalue weighted by molar-refractivity contribution is 0.205. The van der Waals surface area contributed by atoms with Gasteiger partial charge in [-0.15, -0.1) is 0 Å². The summed E-state index contributed by atoms with van der Waals surface area (Å²) in [5, 5.41) is 1.09. The van der Waals surface area contributed by atoms with Gasteiger partial charge in [0.1, 0.15) is 0 Å². The number of likely N-dealkylation sites (N-methyl/N-ethyl adjacent to an activating group) is 1. The first kappa shape index (κ1) is 12.6. The van der Waals surface area contributed by atoms with Crippen LogP contribution in [0, 0.1) is 0 Å². The van der Waals surface area contributed by atoms with Crippen LogP contribution in [0.15, 0.2) is 30.5 Å². The van der Waals surface area contributed by atoms with Gasteiger partial charge in [-0.1, -0.05) is 0 Å². The van der Waals surface area contributed by atoms with Crippen molar-refractivity contribution in [2.24, 2.45) is 0 Å². The van der Waals surface area contributed by atoms with Crippen LogP contribution in [0.2, 0.25) is 0 Å². The number of nitrogen functional groups attached to an aromatic ring is 1. The molecule has 0 fully saturated rings. The summed E-state index contributed by atoms with van der Waals surface area (Å²) in [6, 6.07) is 7.97. The van der Waals surface area contributed by atoms with Crippen LogP contribution in [0.4, 0.5) is 11.4 Å². The van der Waals surface area contributed by atoms with Crippen LogP contribution in [0.3, 0.4) is 0 Å². The van der Waals surface area contributed by atoms with E-state index in [-0.39, 0.29) is 0 Å². The zero-order valence-electron chi connectivity index (χ0n) is 10.9. The number of hydrogen-bond acceptors (Lipinski definition) is 4. The molecule has 0 atom stereocenters. The Morgan fingerprint density at radius 2 is 2.17 bits per heavy atom. The van der Waals surface area contributed by atoms with Crippen LogP contribution in [0.1, 0.15) is 6.92 Å². The predicted octanol–water partition coefficient (Wildman–Crippen LogP) is 2.29. The summed E-state index contributed by atoms with van der Waals surface area (Å²) in [6.07, 6.45) is 1.77. The van der Waals surface area contributed by atoms with Gasteiger partial charge >= 0.3 is 0 Å². The molecule has 1 aromatic carbocycles. The Hall–Kier alpha value is -1.81. The first-order valence-corrected chi connectivity index (χ1v) is 6.15. The first-order chi connectivity index (χ1) is 8.77. The van der Waals surface area contributed by atoms with Gasteiger partial charge in [-0.2, -0.15) is 0 Å². The quantitative estimate of drug-likeness (QED) is 0.821. The summed E-state index contributed by atoms with van der Waals surface area (Å²) in [5.41, 5.74) is 8.71. The second-order valence-electron chi connectivity index (χ2n) is 4.15. The van der Waals surface area contributed by atoms with E-state index in [1.165, 1.54) is 0 Å². The molecule has 18 heavy (non-hydrogen) atoms. The maximum absolute atomic E-state index is 5.96. The van der Waals surface area contributed by atoms with Gasteiger partial charge in [0.15, 0.2) is 0 Å². The van der Waals surface area contributed by atoms with Gasteiger partial charge in [-0.3, -0.25) is 4.98 Å². The summed E-state index contributed by atoms with van der Waals surface area (Å²) < 4.78 is 5.15. The van der Waals surface area contributed by atoms with E-state index in [1.54, 1.807) is 13.3 Å². The highest BCUT2D eigenvalue weighted by molar-refractivity contribution is 5.98. The minimum absolute atomic E-state index is 0.708. The normalized spacial score (nSPS) is 10.8. The highest BCUT2D eigenvalue weighted by Crippen LogP contribution is 2.29. The average molecular weight is 245 g/mol. The topological polar surface area (TPSA) is 51.4 Å². The fourth-order valence-electron chi connectivity index (χ4n) is 2.11. The van der Waals surface area contributed by atoms with Crippen LogP contribution >= 0.6 is 0 Å². The fourth-order valence-corrected chi connectivity index (χ4v) is 2.11. The molecule has 0 amide bonds. The number of benzene rings is 1. The van der Waals surface area contributed by atoms with Gasteiger partial charge < -0.3 is 15.4 Å². The van der Waals surface area contributed by atoms with E-state index in [0.29, 0.717) is 6.61 Å². The van der Waals surface area contributed by atoms with Crippen molar-refractivity contribution in [3.05, 3.63) is 30.5 Å². The molecule has 2 aromatic rings. The third kappa shape index (κ3) is 2.38. The molecule has 0 aliphatic rings. The number of aromatic nitrogens is 1. The summed E-state index contributed by atoms with van der Waals surface area (Å²) in [6.45, 7) is 4.63. The molecule has 0 aliphatic heterocycles. The van der Waals surface area contributed by atoms with Crippen LogP contribution in [-0.2, 0) is 4.74 Å². The highest BCUT2D eigenvalue weighted by Gasteiger charge is 2.10. The molecule has 4 nitrogen and oxygen atoms in total. The van der Waals surface area contributed by atoms with Crippen molar-refractivity contribution in [2.45, 2.75) is 6.92 Å². The maximum Gasteiger partial charge on any atom is 0.0951 e. The van der Waals surface area contributed by atoms with E-state index in [1.807, 2.05) is 12.1 Å². The van der Waals surface area contributed by atoms with E-state index < -0.39 is 0 Å². The second kappa shape index (κ2) is 5.69. The van der Waals surface area contributed by atoms with Crippen molar-refractivity contribution in [3.63, 3.8) is 0 Å². The summed E-state index contributed by atoms with van der Waals surface area (Å²) in [4.78, 5) is 6.63. The first-order valence-electron chi connectivity index (χ1n) is 6.15. The molecule has 1 heterocycles. The Kier molecular flexibility index (Phi) is 3.99. The number of methoxy groups -OCH3 is 1. The van der Waals surface area contributed by atoms with Crippen molar-refractivity contribution in [2.75, 3.05) is 37.4 Å². The Morgan fingerprint density at radius 1 is 1.33 bits per heavy atom. The molecule has 0 aliphatic carbocycles. The van der Waals surface area contributed by atoms with Crippen LogP contribution < -0.4 is 10.6 Å². The van der Waals surface area contributed by atoms with Crippen LogP contribution in [-0.4, -0.2) is 31.8 Å². The Balaban J connectivity index is 2.46. The van der Waals surface area contributed by atoms with Gasteiger partial charge in [0, 0.05) is 37.5 Å². The van der Waals surface area contributed by atoms with Gasteiger partial charge in [-0.05, 0) is 31.2 Å². The lowest BCUT2D eigenvalue weighted by Crippen LogP contribution is -2.27. The van der Waals surface area contributed by atoms with Gasteiger partial charge in [0.2, 0.25) is 0 Å². The summed E-state index contributed by atoms with van der Waals surface area (Å²) in [5.74, 6) is 0. The summed E-state index contributed by atoms with van der Waals surface area (Å²) >= 11 is 0. The third-order valence-corrected chi connectivity index (χ3v) is 3.07. The van der Waals surface area contributed by atoms with Gasteiger partial charge in [0.05, 0.1) is 17.8 Å². The molecule has 0 bridgehead atoms. The lowest BCUT2D eigenvalue weighted by atomic mass is 10.1. The molecule has 96 valence electrons. The van der Waals surface area contributed by atoms with E-state index in [0.717, 1.165) is 35.4 Å². The van der Waals surface area contributed by atoms with E-state index in [4.69, 9.17) is 10.5 Å². The van der Waals surface area contributed by atoms with Crippen molar-refractivity contribution < 1.29 is 4.74 Å². The van der Waals surface area contributed by atoms with Crippen molar-refractivity contribution in [1.82, 2.24) is 4.98 Å². The monoisotopic (exact) mass is 245 g/mol. The Bertz CT molecular complexity index is 527. The number of fused-ring (bicyclic) bond motifs is 1. The molecule has 4 heteroatoms. The third-order valence-electron chi connectivity index (χ3n) is 3.07. The summed E-state index contributed by atoms with van der Waals surface area (Å²) in [7, 11) is 1.72. The number of ether oxygens (including phenoxy) is 1. The Morgan fingerprint density at radius 3 is 2.89 bits per heavy atom. The molecule has 0 unspecified atom stereocenters. The zero-order valence-corrected chi connectivity index (χ0v) is 10.9. The number of rotatable bonds is 5. The number of anilines is 2. The number of nitrogens with two attached hydrogens (primary N) is 1.